The van der Waals surface area contributed by atoms with E-state index in [4.69, 9.17) is 21.6 Å². The van der Waals surface area contributed by atoms with E-state index in [0.717, 1.165) is 57.8 Å². The molecule has 3 aliphatic rings. The van der Waals surface area contributed by atoms with Gasteiger partial charge in [0.2, 0.25) is 5.95 Å². The molecule has 0 unspecified atom stereocenters. The number of anilines is 2. The number of halogens is 3. The third-order valence-electron chi connectivity index (χ3n) is 8.46. The van der Waals surface area contributed by atoms with Crippen LogP contribution in [0.4, 0.5) is 16.2 Å². The van der Waals surface area contributed by atoms with Crippen LogP contribution in [-0.4, -0.2) is 64.4 Å². The molecule has 2 saturated heterocycles. The molecule has 4 heterocycles. The van der Waals surface area contributed by atoms with E-state index in [1.54, 1.807) is 0 Å². The third kappa shape index (κ3) is 4.27. The second-order valence-corrected chi connectivity index (χ2v) is 12.8. The standard InChI is InChI=1S/C29H33ClFIN6/c1-15-6-8-17(3)38(12-15)28-20-10-21(30)24(22-16(2)7-9-18-11-33-27(32)23(18)22)25(31)26(20)34-29(35-28)37-13-19(14-37)36(4)5/h7,9-10,15,17,19H,6,8,11-14H2,1-5H3/t15-,17-/m0/s1. The topological polar surface area (TPSA) is 47.9 Å². The predicted molar refractivity (Wildman–Crippen MR) is 164 cm³/mol. The van der Waals surface area contributed by atoms with Crippen LogP contribution in [0.5, 0.6) is 0 Å². The van der Waals surface area contributed by atoms with E-state index in [-0.39, 0.29) is 5.82 Å². The molecule has 9 heteroatoms. The van der Waals surface area contributed by atoms with Crippen LogP contribution in [0.2, 0.25) is 5.02 Å². The zero-order chi connectivity index (χ0) is 26.9. The summed E-state index contributed by atoms with van der Waals surface area (Å²) in [5, 5.41) is 1.06. The molecule has 3 aromatic rings. The van der Waals surface area contributed by atoms with Crippen molar-refractivity contribution in [3.8, 4) is 11.1 Å². The quantitative estimate of drug-likeness (QED) is 0.304. The molecule has 2 atom stereocenters. The van der Waals surface area contributed by atoms with Crippen molar-refractivity contribution in [2.45, 2.75) is 52.2 Å². The molecule has 0 amide bonds. The molecule has 3 aliphatic heterocycles. The molecular formula is C29H33ClFIN6. The first kappa shape index (κ1) is 26.2. The fourth-order valence-electron chi connectivity index (χ4n) is 5.96. The summed E-state index contributed by atoms with van der Waals surface area (Å²) < 4.78 is 17.7. The largest absolute Gasteiger partial charge is 0.353 e. The van der Waals surface area contributed by atoms with Crippen molar-refractivity contribution in [3.63, 3.8) is 0 Å². The van der Waals surface area contributed by atoms with Crippen LogP contribution >= 0.6 is 34.2 Å². The lowest BCUT2D eigenvalue weighted by atomic mass is 9.91. The van der Waals surface area contributed by atoms with Crippen molar-refractivity contribution in [2.75, 3.05) is 43.5 Å². The fraction of sp³-hybridized carbons (Fsp3) is 0.483. The predicted octanol–water partition coefficient (Wildman–Crippen LogP) is 6.47. The van der Waals surface area contributed by atoms with Crippen LogP contribution < -0.4 is 9.80 Å². The highest BCUT2D eigenvalue weighted by Gasteiger charge is 2.34. The number of aryl methyl sites for hydroxylation is 1. The normalized spacial score (nSPS) is 21.8. The Morgan fingerprint density at radius 2 is 1.82 bits per heavy atom. The Hall–Kier alpha value is -2.04. The highest BCUT2D eigenvalue weighted by Crippen LogP contribution is 2.44. The molecule has 2 fully saturated rings. The van der Waals surface area contributed by atoms with Crippen LogP contribution in [0.15, 0.2) is 23.2 Å². The minimum atomic E-state index is -0.382. The molecule has 6 nitrogen and oxygen atoms in total. The SMILES string of the molecule is Cc1ccc2c(c1-c1c(Cl)cc3c(N4C[C@@H](C)CC[C@@H]4C)nc(N4CC(N(C)C)C4)nc3c1F)C(I)=NC2. The van der Waals surface area contributed by atoms with E-state index >= 15 is 4.39 Å². The average Bonchev–Trinajstić information content (AvgIpc) is 3.21. The van der Waals surface area contributed by atoms with Gasteiger partial charge in [0.15, 0.2) is 5.82 Å². The van der Waals surface area contributed by atoms with Gasteiger partial charge in [-0.1, -0.05) is 30.7 Å². The summed E-state index contributed by atoms with van der Waals surface area (Å²) in [5.74, 6) is 1.54. The number of rotatable bonds is 4. The third-order valence-corrected chi connectivity index (χ3v) is 9.64. The lowest BCUT2D eigenvalue weighted by Gasteiger charge is -2.43. The van der Waals surface area contributed by atoms with Gasteiger partial charge in [0.25, 0.3) is 0 Å². The minimum Gasteiger partial charge on any atom is -0.353 e. The summed E-state index contributed by atoms with van der Waals surface area (Å²) in [6, 6.07) is 6.75. The average molecular weight is 647 g/mol. The second kappa shape index (κ2) is 9.86. The number of fused-ring (bicyclic) bond motifs is 2. The Morgan fingerprint density at radius 1 is 1.05 bits per heavy atom. The summed E-state index contributed by atoms with van der Waals surface area (Å²) >= 11 is 9.21. The summed E-state index contributed by atoms with van der Waals surface area (Å²) in [4.78, 5) is 21.3. The lowest BCUT2D eigenvalue weighted by Crippen LogP contribution is -2.58. The number of aromatic nitrogens is 2. The molecular weight excluding hydrogens is 614 g/mol. The second-order valence-electron chi connectivity index (χ2n) is 11.4. The van der Waals surface area contributed by atoms with Gasteiger partial charge in [-0.2, -0.15) is 4.98 Å². The monoisotopic (exact) mass is 646 g/mol. The molecule has 0 N–H and O–H groups in total. The zero-order valence-corrected chi connectivity index (χ0v) is 25.4. The van der Waals surface area contributed by atoms with Crippen molar-refractivity contribution < 1.29 is 4.39 Å². The smallest absolute Gasteiger partial charge is 0.228 e. The lowest BCUT2D eigenvalue weighted by molar-refractivity contribution is 0.245. The first-order valence-corrected chi connectivity index (χ1v) is 14.8. The number of nitrogens with zero attached hydrogens (tertiary/aromatic N) is 6. The van der Waals surface area contributed by atoms with Crippen LogP contribution in [0, 0.1) is 18.7 Å². The van der Waals surface area contributed by atoms with Crippen LogP contribution in [0.25, 0.3) is 22.0 Å². The number of aliphatic imine (C=N–C) groups is 1. The molecule has 38 heavy (non-hydrogen) atoms. The van der Waals surface area contributed by atoms with Gasteiger partial charge in [-0.25, -0.2) is 9.37 Å². The minimum absolute atomic E-state index is 0.307. The van der Waals surface area contributed by atoms with Gasteiger partial charge in [0.1, 0.15) is 15.1 Å². The summed E-state index contributed by atoms with van der Waals surface area (Å²) in [6.45, 7) is 9.65. The zero-order valence-electron chi connectivity index (χ0n) is 22.5. The van der Waals surface area contributed by atoms with Gasteiger partial charge in [0.05, 0.1) is 11.6 Å². The summed E-state index contributed by atoms with van der Waals surface area (Å²) in [7, 11) is 4.18. The van der Waals surface area contributed by atoms with Gasteiger partial charge in [-0.3, -0.25) is 4.99 Å². The number of hydrogen-bond acceptors (Lipinski definition) is 6. The van der Waals surface area contributed by atoms with Crippen LogP contribution in [0.1, 0.15) is 43.4 Å². The molecule has 0 bridgehead atoms. The molecule has 2 aromatic carbocycles. The van der Waals surface area contributed by atoms with Crippen molar-refractivity contribution in [2.24, 2.45) is 10.9 Å². The Morgan fingerprint density at radius 3 is 2.55 bits per heavy atom. The first-order chi connectivity index (χ1) is 18.1. The molecule has 200 valence electrons. The Labute approximate surface area is 242 Å². The van der Waals surface area contributed by atoms with Crippen LogP contribution in [-0.2, 0) is 6.54 Å². The first-order valence-electron chi connectivity index (χ1n) is 13.3. The van der Waals surface area contributed by atoms with Gasteiger partial charge in [-0.15, -0.1) is 0 Å². The number of hydrogen-bond donors (Lipinski definition) is 0. The molecule has 0 spiro atoms. The molecule has 0 radical (unpaired) electrons. The van der Waals surface area contributed by atoms with E-state index in [1.807, 2.05) is 19.1 Å². The Balaban J connectivity index is 1.58. The van der Waals surface area contributed by atoms with E-state index in [2.05, 4.69) is 76.3 Å². The van der Waals surface area contributed by atoms with E-state index in [1.165, 1.54) is 6.42 Å². The van der Waals surface area contributed by atoms with E-state index in [0.29, 0.717) is 52.0 Å². The number of piperidine rings is 1. The number of likely N-dealkylation sites (N-methyl/N-ethyl adjacent to an activating group) is 1. The van der Waals surface area contributed by atoms with Crippen molar-refractivity contribution in [1.29, 1.82) is 0 Å². The molecule has 0 aliphatic carbocycles. The summed E-state index contributed by atoms with van der Waals surface area (Å²) in [6.07, 6.45) is 2.26. The maximum Gasteiger partial charge on any atom is 0.228 e. The van der Waals surface area contributed by atoms with Crippen LogP contribution in [0.3, 0.4) is 0 Å². The highest BCUT2D eigenvalue weighted by molar-refractivity contribution is 14.1. The van der Waals surface area contributed by atoms with Gasteiger partial charge in [0, 0.05) is 48.2 Å². The molecule has 6 rings (SSSR count). The number of benzene rings is 2. The highest BCUT2D eigenvalue weighted by atomic mass is 127. The van der Waals surface area contributed by atoms with E-state index < -0.39 is 0 Å². The summed E-state index contributed by atoms with van der Waals surface area (Å²) in [5.41, 5.74) is 4.61. The maximum absolute atomic E-state index is 16.8. The van der Waals surface area contributed by atoms with Crippen molar-refractivity contribution in [1.82, 2.24) is 14.9 Å². The fourth-order valence-corrected chi connectivity index (χ4v) is 7.03. The van der Waals surface area contributed by atoms with Gasteiger partial charge < -0.3 is 14.7 Å². The van der Waals surface area contributed by atoms with Crippen molar-refractivity contribution in [3.05, 3.63) is 45.7 Å². The van der Waals surface area contributed by atoms with E-state index in [9.17, 15) is 0 Å². The van der Waals surface area contributed by atoms with Crippen molar-refractivity contribution >= 4 is 60.6 Å². The van der Waals surface area contributed by atoms with Gasteiger partial charge >= 0.3 is 0 Å². The Bertz CT molecular complexity index is 1470. The molecule has 1 aromatic heterocycles. The Kier molecular flexibility index (Phi) is 6.79. The maximum atomic E-state index is 16.8. The van der Waals surface area contributed by atoms with Gasteiger partial charge in [-0.05, 0) is 92.0 Å². The molecule has 0 saturated carbocycles.